The Morgan fingerprint density at radius 1 is 1.02 bits per heavy atom. The maximum absolute atomic E-state index is 13.1. The van der Waals surface area contributed by atoms with E-state index in [1.807, 2.05) is 43.3 Å². The van der Waals surface area contributed by atoms with Gasteiger partial charge in [-0.05, 0) is 77.3 Å². The van der Waals surface area contributed by atoms with Gasteiger partial charge in [-0.2, -0.15) is 13.7 Å². The number of rotatable bonds is 14. The van der Waals surface area contributed by atoms with Crippen molar-refractivity contribution >= 4 is 41.6 Å². The van der Waals surface area contributed by atoms with Crippen LogP contribution >= 0.6 is 8.03 Å². The minimum absolute atomic E-state index is 0.0439. The minimum Gasteiger partial charge on any atom is -0.491 e. The SMILES string of the molecule is Cc1cc(OCCOCCC(F)(F)[P+](=O)O)ccc1CCc1cnc2c(N)nc3cc(CCC(=O)O)ccc3c2c1. The molecule has 2 aromatic carbocycles. The van der Waals surface area contributed by atoms with Crippen LogP contribution in [0.2, 0.25) is 0 Å². The van der Waals surface area contributed by atoms with Crippen LogP contribution in [-0.2, 0) is 33.4 Å². The van der Waals surface area contributed by atoms with Gasteiger partial charge in [0.05, 0.1) is 25.2 Å². The van der Waals surface area contributed by atoms with Crippen LogP contribution in [0, 0.1) is 6.92 Å². The Hall–Kier alpha value is -3.79. The number of halogens is 2. The number of pyridine rings is 2. The van der Waals surface area contributed by atoms with E-state index in [2.05, 4.69) is 16.0 Å². The van der Waals surface area contributed by atoms with Crippen LogP contribution in [0.25, 0.3) is 21.8 Å². The quantitative estimate of drug-likeness (QED) is 0.0978. The summed E-state index contributed by atoms with van der Waals surface area (Å²) in [4.78, 5) is 28.6. The normalized spacial score (nSPS) is 12.1. The van der Waals surface area contributed by atoms with Gasteiger partial charge in [0, 0.05) is 23.4 Å². The topological polar surface area (TPSA) is 145 Å². The zero-order chi connectivity index (χ0) is 29.6. The largest absolute Gasteiger partial charge is 0.583 e. The molecule has 4 aromatic rings. The first-order chi connectivity index (χ1) is 19.5. The fourth-order valence-corrected chi connectivity index (χ4v) is 4.75. The van der Waals surface area contributed by atoms with E-state index in [4.69, 9.17) is 25.2 Å². The molecular weight excluding hydrogens is 555 g/mol. The first-order valence-corrected chi connectivity index (χ1v) is 14.3. The summed E-state index contributed by atoms with van der Waals surface area (Å²) in [6.07, 6.45) is 2.94. The van der Waals surface area contributed by atoms with Crippen LogP contribution in [-0.4, -0.2) is 51.4 Å². The first kappa shape index (κ1) is 30.2. The molecule has 4 N–H and O–H groups in total. The van der Waals surface area contributed by atoms with Crippen molar-refractivity contribution in [1.82, 2.24) is 9.97 Å². The highest BCUT2D eigenvalue weighted by molar-refractivity contribution is 7.39. The van der Waals surface area contributed by atoms with Gasteiger partial charge in [0.2, 0.25) is 0 Å². The van der Waals surface area contributed by atoms with Gasteiger partial charge in [0.15, 0.2) is 5.82 Å². The number of nitrogen functional groups attached to an aromatic ring is 1. The summed E-state index contributed by atoms with van der Waals surface area (Å²) in [5.74, 6) is 0.103. The fraction of sp³-hybridized carbons (Fsp3) is 0.345. The van der Waals surface area contributed by atoms with Crippen LogP contribution in [0.1, 0.15) is 35.1 Å². The van der Waals surface area contributed by atoms with Gasteiger partial charge in [-0.15, -0.1) is 0 Å². The first-order valence-electron chi connectivity index (χ1n) is 13.1. The van der Waals surface area contributed by atoms with E-state index in [1.165, 1.54) is 0 Å². The van der Waals surface area contributed by atoms with Crippen molar-refractivity contribution in [3.05, 3.63) is 70.9 Å². The number of anilines is 1. The summed E-state index contributed by atoms with van der Waals surface area (Å²) in [6, 6.07) is 13.5. The third-order valence-corrected chi connectivity index (χ3v) is 7.51. The molecule has 12 heteroatoms. The molecule has 0 aliphatic rings. The lowest BCUT2D eigenvalue weighted by Crippen LogP contribution is -2.15. The number of hydrogen-bond donors (Lipinski definition) is 3. The zero-order valence-corrected chi connectivity index (χ0v) is 23.4. The van der Waals surface area contributed by atoms with Crippen molar-refractivity contribution in [2.24, 2.45) is 0 Å². The van der Waals surface area contributed by atoms with Gasteiger partial charge < -0.3 is 20.3 Å². The Morgan fingerprint density at radius 2 is 1.83 bits per heavy atom. The average molecular weight is 587 g/mol. The predicted octanol–water partition coefficient (Wildman–Crippen LogP) is 5.59. The number of carbonyl (C=O) groups is 1. The number of alkyl halides is 2. The van der Waals surface area contributed by atoms with Crippen molar-refractivity contribution in [3.8, 4) is 5.75 Å². The molecule has 0 bridgehead atoms. The Bertz CT molecular complexity index is 1580. The van der Waals surface area contributed by atoms with E-state index in [9.17, 15) is 18.1 Å². The molecule has 4 rings (SSSR count). The van der Waals surface area contributed by atoms with Crippen LogP contribution in [0.3, 0.4) is 0 Å². The Morgan fingerprint density at radius 3 is 2.56 bits per heavy atom. The number of ether oxygens (including phenoxy) is 2. The van der Waals surface area contributed by atoms with Crippen molar-refractivity contribution in [2.45, 2.75) is 44.7 Å². The van der Waals surface area contributed by atoms with Gasteiger partial charge in [-0.25, -0.2) is 4.98 Å². The van der Waals surface area contributed by atoms with Crippen LogP contribution in [0.5, 0.6) is 5.75 Å². The number of carboxylic acids is 1. The molecule has 216 valence electrons. The number of carboxylic acid groups (broad SMARTS) is 1. The second-order valence-corrected chi connectivity index (χ2v) is 10.9. The predicted molar refractivity (Wildman–Crippen MR) is 152 cm³/mol. The van der Waals surface area contributed by atoms with E-state index in [1.54, 1.807) is 6.20 Å². The molecule has 0 aliphatic heterocycles. The molecule has 0 fully saturated rings. The number of aryl methyl sites for hydroxylation is 4. The molecule has 1 unspecified atom stereocenters. The third kappa shape index (κ3) is 7.91. The van der Waals surface area contributed by atoms with Crippen molar-refractivity contribution < 1.29 is 37.6 Å². The second-order valence-electron chi connectivity index (χ2n) is 9.72. The highest BCUT2D eigenvalue weighted by Gasteiger charge is 2.50. The zero-order valence-electron chi connectivity index (χ0n) is 22.5. The molecule has 0 spiro atoms. The van der Waals surface area contributed by atoms with Crippen molar-refractivity contribution in [1.29, 1.82) is 0 Å². The third-order valence-electron chi connectivity index (χ3n) is 6.73. The number of aromatic nitrogens is 2. The standard InChI is InChI=1S/C29H30F2N3O6P/c1-18-14-22(40-13-12-39-11-10-29(30,31)41(37)38)7-6-21(18)5-2-20-15-24-23-8-3-19(4-9-26(35)36)16-25(23)34-28(32)27(24)33-17-20/h3,6-8,14-17H,2,4-5,9-13H2,1H3,(H3-,32,34,35,36,37,38)/p+1. The molecule has 41 heavy (non-hydrogen) atoms. The fourth-order valence-electron chi connectivity index (χ4n) is 4.47. The Labute approximate surface area is 236 Å². The molecular formula is C29H31F2N3O6P+. The van der Waals surface area contributed by atoms with Crippen LogP contribution < -0.4 is 10.5 Å². The minimum atomic E-state index is -3.65. The Balaban J connectivity index is 1.36. The lowest BCUT2D eigenvalue weighted by atomic mass is 9.99. The summed E-state index contributed by atoms with van der Waals surface area (Å²) in [5, 5.41) is 10.8. The molecule has 2 aromatic heterocycles. The van der Waals surface area contributed by atoms with Gasteiger partial charge in [-0.1, -0.05) is 18.2 Å². The van der Waals surface area contributed by atoms with Gasteiger partial charge >= 0.3 is 19.7 Å². The summed E-state index contributed by atoms with van der Waals surface area (Å²) in [7, 11) is -3.57. The molecule has 0 saturated carbocycles. The van der Waals surface area contributed by atoms with Crippen molar-refractivity contribution in [2.75, 3.05) is 25.6 Å². The lowest BCUT2D eigenvalue weighted by molar-refractivity contribution is -0.136. The smallest absolute Gasteiger partial charge is 0.491 e. The highest BCUT2D eigenvalue weighted by Crippen LogP contribution is 2.41. The second kappa shape index (κ2) is 13.2. The summed E-state index contributed by atoms with van der Waals surface area (Å²) < 4.78 is 47.5. The number of nitrogens with two attached hydrogens (primary N) is 1. The average Bonchev–Trinajstić information content (AvgIpc) is 2.93. The molecule has 9 nitrogen and oxygen atoms in total. The molecule has 0 radical (unpaired) electrons. The summed E-state index contributed by atoms with van der Waals surface area (Å²) >= 11 is 0. The summed E-state index contributed by atoms with van der Waals surface area (Å²) in [6.45, 7) is 1.88. The molecule has 1 atom stereocenters. The molecule has 0 saturated heterocycles. The highest BCUT2D eigenvalue weighted by atomic mass is 31.1. The van der Waals surface area contributed by atoms with E-state index >= 15 is 0 Å². The number of fused-ring (bicyclic) bond motifs is 3. The maximum Gasteiger partial charge on any atom is 0.583 e. The number of nitrogens with zero attached hydrogens (tertiary/aromatic N) is 2. The molecule has 0 aliphatic carbocycles. The van der Waals surface area contributed by atoms with Crippen LogP contribution in [0.4, 0.5) is 14.6 Å². The maximum atomic E-state index is 13.1. The Kier molecular flexibility index (Phi) is 9.75. The lowest BCUT2D eigenvalue weighted by Gasteiger charge is -2.12. The van der Waals surface area contributed by atoms with E-state index in [0.29, 0.717) is 29.0 Å². The van der Waals surface area contributed by atoms with Gasteiger partial charge in [0.25, 0.3) is 0 Å². The van der Waals surface area contributed by atoms with Gasteiger partial charge in [0.1, 0.15) is 17.9 Å². The van der Waals surface area contributed by atoms with E-state index in [0.717, 1.165) is 45.9 Å². The monoisotopic (exact) mass is 586 g/mol. The number of hydrogen-bond acceptors (Lipinski definition) is 7. The molecule has 0 amide bonds. The number of benzene rings is 2. The van der Waals surface area contributed by atoms with Crippen molar-refractivity contribution in [3.63, 3.8) is 0 Å². The van der Waals surface area contributed by atoms with Gasteiger partial charge in [-0.3, -0.25) is 9.78 Å². The van der Waals surface area contributed by atoms with E-state index in [-0.39, 0.29) is 26.2 Å². The summed E-state index contributed by atoms with van der Waals surface area (Å²) in [5.41, 5.74) is 7.96. The van der Waals surface area contributed by atoms with Crippen LogP contribution in [0.15, 0.2) is 48.7 Å². The molecule has 2 heterocycles. The number of aliphatic carboxylic acids is 1. The van der Waals surface area contributed by atoms with E-state index < -0.39 is 26.1 Å².